The molecule has 1 amide bonds. The van der Waals surface area contributed by atoms with Crippen LogP contribution in [0.2, 0.25) is 0 Å². The van der Waals surface area contributed by atoms with Crippen LogP contribution in [0.1, 0.15) is 5.56 Å². The molecule has 0 heterocycles. The van der Waals surface area contributed by atoms with E-state index in [-0.39, 0.29) is 6.61 Å². The lowest BCUT2D eigenvalue weighted by Crippen LogP contribution is -2.36. The number of hydrogen-bond acceptors (Lipinski definition) is 3. The number of carboxylic acid groups (broad SMARTS) is 1. The van der Waals surface area contributed by atoms with Gasteiger partial charge in [-0.1, -0.05) is 30.3 Å². The summed E-state index contributed by atoms with van der Waals surface area (Å²) in [7, 11) is 0. The van der Waals surface area contributed by atoms with Gasteiger partial charge in [-0.2, -0.15) is 0 Å². The van der Waals surface area contributed by atoms with E-state index in [1.165, 1.54) is 0 Å². The third-order valence-corrected chi connectivity index (χ3v) is 2.52. The minimum atomic E-state index is -1.11. The van der Waals surface area contributed by atoms with Gasteiger partial charge in [-0.15, -0.1) is 0 Å². The first kappa shape index (κ1) is 12.8. The molecule has 0 aromatic heterocycles. The number of carbonyl (C=O) groups is 2. The number of amides is 1. The number of rotatable bonds is 4. The second kappa shape index (κ2) is 6.31. The molecule has 1 aromatic rings. The van der Waals surface area contributed by atoms with Crippen molar-refractivity contribution in [3.05, 3.63) is 35.9 Å². The first-order valence-corrected chi connectivity index (χ1v) is 5.68. The molecule has 0 saturated carbocycles. The standard InChI is InChI=1S/C10H10INO4/c11-8(9(13)14)12-10(15)16-6-7-4-2-1-3-5-7/h1-5,8H,6H2,(H,12,15)(H,13,14)/t8-/m1/s1. The molecule has 0 bridgehead atoms. The molecule has 0 unspecified atom stereocenters. The highest BCUT2D eigenvalue weighted by Gasteiger charge is 2.16. The van der Waals surface area contributed by atoms with E-state index in [1.54, 1.807) is 22.6 Å². The van der Waals surface area contributed by atoms with Gasteiger partial charge in [0.05, 0.1) is 0 Å². The summed E-state index contributed by atoms with van der Waals surface area (Å²) in [5.74, 6) is -1.11. The molecule has 2 N–H and O–H groups in total. The van der Waals surface area contributed by atoms with Gasteiger partial charge in [0, 0.05) is 0 Å². The van der Waals surface area contributed by atoms with Crippen LogP contribution >= 0.6 is 22.6 Å². The molecule has 16 heavy (non-hydrogen) atoms. The van der Waals surface area contributed by atoms with Crippen LogP contribution in [-0.4, -0.2) is 21.2 Å². The smallest absolute Gasteiger partial charge is 0.408 e. The average molecular weight is 335 g/mol. The van der Waals surface area contributed by atoms with Gasteiger partial charge in [0.25, 0.3) is 0 Å². The number of carbonyl (C=O) groups excluding carboxylic acids is 1. The van der Waals surface area contributed by atoms with Gasteiger partial charge in [-0.3, -0.25) is 5.32 Å². The predicted molar refractivity (Wildman–Crippen MR) is 65.2 cm³/mol. The zero-order chi connectivity index (χ0) is 12.0. The van der Waals surface area contributed by atoms with E-state index < -0.39 is 16.1 Å². The van der Waals surface area contributed by atoms with Crippen molar-refractivity contribution >= 4 is 34.7 Å². The number of ether oxygens (including phenoxy) is 1. The highest BCUT2D eigenvalue weighted by Crippen LogP contribution is 2.02. The van der Waals surface area contributed by atoms with Gasteiger partial charge >= 0.3 is 12.1 Å². The molecule has 6 heteroatoms. The van der Waals surface area contributed by atoms with Crippen LogP contribution in [0, 0.1) is 0 Å². The minimum Gasteiger partial charge on any atom is -0.479 e. The van der Waals surface area contributed by atoms with Crippen molar-refractivity contribution in [2.45, 2.75) is 10.7 Å². The Morgan fingerprint density at radius 1 is 1.38 bits per heavy atom. The molecule has 0 spiro atoms. The van der Waals surface area contributed by atoms with Crippen molar-refractivity contribution in [3.63, 3.8) is 0 Å². The minimum absolute atomic E-state index is 0.121. The van der Waals surface area contributed by atoms with Crippen LogP contribution in [0.3, 0.4) is 0 Å². The summed E-state index contributed by atoms with van der Waals surface area (Å²) in [5, 5.41) is 10.7. The Balaban J connectivity index is 2.33. The number of carboxylic acids is 1. The van der Waals surface area contributed by atoms with E-state index >= 15 is 0 Å². The molecule has 0 saturated heterocycles. The van der Waals surface area contributed by atoms with Crippen LogP contribution in [0.25, 0.3) is 0 Å². The Bertz CT molecular complexity index is 368. The molecule has 86 valence electrons. The summed E-state index contributed by atoms with van der Waals surface area (Å²) in [6.45, 7) is 0.121. The maximum absolute atomic E-state index is 11.1. The lowest BCUT2D eigenvalue weighted by atomic mass is 10.2. The molecule has 1 aromatic carbocycles. The molecular formula is C10H10INO4. The largest absolute Gasteiger partial charge is 0.479 e. The quantitative estimate of drug-likeness (QED) is 0.499. The van der Waals surface area contributed by atoms with Crippen LogP contribution in [0.15, 0.2) is 30.3 Å². The third-order valence-electron chi connectivity index (χ3n) is 1.67. The fourth-order valence-corrected chi connectivity index (χ4v) is 1.18. The van der Waals surface area contributed by atoms with Gasteiger partial charge in [0.1, 0.15) is 6.61 Å². The monoisotopic (exact) mass is 335 g/mol. The van der Waals surface area contributed by atoms with Gasteiger partial charge in [-0.25, -0.2) is 9.59 Å². The summed E-state index contributed by atoms with van der Waals surface area (Å²) in [4.78, 5) is 21.6. The number of aliphatic carboxylic acids is 1. The van der Waals surface area contributed by atoms with E-state index in [2.05, 4.69) is 5.32 Å². The highest BCUT2D eigenvalue weighted by molar-refractivity contribution is 14.1. The van der Waals surface area contributed by atoms with E-state index in [4.69, 9.17) is 9.84 Å². The lowest BCUT2D eigenvalue weighted by molar-refractivity contribution is -0.136. The lowest BCUT2D eigenvalue weighted by Gasteiger charge is -2.08. The molecular weight excluding hydrogens is 325 g/mol. The zero-order valence-electron chi connectivity index (χ0n) is 8.22. The Morgan fingerprint density at radius 2 is 2.00 bits per heavy atom. The average Bonchev–Trinajstić information content (AvgIpc) is 2.27. The van der Waals surface area contributed by atoms with Crippen molar-refractivity contribution in [1.82, 2.24) is 5.32 Å². The van der Waals surface area contributed by atoms with Crippen LogP contribution in [0.5, 0.6) is 0 Å². The molecule has 0 fully saturated rings. The van der Waals surface area contributed by atoms with E-state index in [1.807, 2.05) is 30.3 Å². The first-order chi connectivity index (χ1) is 7.59. The number of halogens is 1. The van der Waals surface area contributed by atoms with Gasteiger partial charge in [-0.05, 0) is 28.2 Å². The molecule has 0 radical (unpaired) electrons. The van der Waals surface area contributed by atoms with Crippen molar-refractivity contribution in [3.8, 4) is 0 Å². The topological polar surface area (TPSA) is 75.6 Å². The highest BCUT2D eigenvalue weighted by atomic mass is 127. The summed E-state index contributed by atoms with van der Waals surface area (Å²) in [6, 6.07) is 9.14. The number of alkyl halides is 1. The number of alkyl carbamates (subject to hydrolysis) is 1. The van der Waals surface area contributed by atoms with E-state index in [0.29, 0.717) is 0 Å². The molecule has 1 atom stereocenters. The number of nitrogens with one attached hydrogen (secondary N) is 1. The van der Waals surface area contributed by atoms with Crippen LogP contribution in [0.4, 0.5) is 4.79 Å². The maximum atomic E-state index is 11.1. The Kier molecular flexibility index (Phi) is 5.03. The summed E-state index contributed by atoms with van der Waals surface area (Å²) >= 11 is 1.59. The fraction of sp³-hybridized carbons (Fsp3) is 0.200. The normalized spacial score (nSPS) is 11.6. The Labute approximate surface area is 106 Å². The Hall–Kier alpha value is -1.31. The van der Waals surface area contributed by atoms with E-state index in [0.717, 1.165) is 5.56 Å². The first-order valence-electron chi connectivity index (χ1n) is 4.43. The van der Waals surface area contributed by atoms with Crippen molar-refractivity contribution in [2.24, 2.45) is 0 Å². The number of benzene rings is 1. The molecule has 5 nitrogen and oxygen atoms in total. The predicted octanol–water partition coefficient (Wildman–Crippen LogP) is 1.76. The Morgan fingerprint density at radius 3 is 2.56 bits per heavy atom. The number of hydrogen-bond donors (Lipinski definition) is 2. The second-order valence-electron chi connectivity index (χ2n) is 2.91. The summed E-state index contributed by atoms with van der Waals surface area (Å²) < 4.78 is 3.85. The molecule has 0 aliphatic carbocycles. The molecule has 0 aliphatic heterocycles. The van der Waals surface area contributed by atoms with Crippen LogP contribution in [-0.2, 0) is 16.1 Å². The SMILES string of the molecule is O=C(N[C@@H](I)C(=O)O)OCc1ccccc1. The molecule has 0 aliphatic rings. The van der Waals surface area contributed by atoms with Gasteiger partial charge < -0.3 is 9.84 Å². The zero-order valence-corrected chi connectivity index (χ0v) is 10.4. The third kappa shape index (κ3) is 4.47. The van der Waals surface area contributed by atoms with E-state index in [9.17, 15) is 9.59 Å². The van der Waals surface area contributed by atoms with Crippen molar-refractivity contribution < 1.29 is 19.4 Å². The fourth-order valence-electron chi connectivity index (χ4n) is 0.930. The summed E-state index contributed by atoms with van der Waals surface area (Å²) in [6.07, 6.45) is -0.745. The van der Waals surface area contributed by atoms with Crippen LogP contribution < -0.4 is 5.32 Å². The molecule has 1 rings (SSSR count). The maximum Gasteiger partial charge on any atom is 0.408 e. The van der Waals surface area contributed by atoms with Gasteiger partial charge in [0.2, 0.25) is 0 Å². The second-order valence-corrected chi connectivity index (χ2v) is 4.15. The van der Waals surface area contributed by atoms with Crippen molar-refractivity contribution in [1.29, 1.82) is 0 Å². The summed E-state index contributed by atoms with van der Waals surface area (Å²) in [5.41, 5.74) is 0.845. The van der Waals surface area contributed by atoms with Crippen molar-refractivity contribution in [2.75, 3.05) is 0 Å². The van der Waals surface area contributed by atoms with Gasteiger partial charge in [0.15, 0.2) is 4.05 Å².